The van der Waals surface area contributed by atoms with E-state index in [0.29, 0.717) is 19.3 Å². The van der Waals surface area contributed by atoms with Gasteiger partial charge in [-0.15, -0.1) is 0 Å². The van der Waals surface area contributed by atoms with Crippen LogP contribution >= 0.6 is 0 Å². The van der Waals surface area contributed by atoms with Crippen LogP contribution in [0.2, 0.25) is 0 Å². The molecule has 0 saturated heterocycles. The maximum absolute atomic E-state index is 13.6. The van der Waals surface area contributed by atoms with E-state index in [1.807, 2.05) is 161 Å². The standard InChI is InChI=1S/C57H84O11/c1-51(2,3)39-25-36(26-40(48(39)62)52(4,5)6)19-22-45(59)66-32-57(31-65-35-58,33-67-46(60)23-20-37-27-41(53(7,8)9)49(63)42(28-37)54(10,11)12)34-68-47(61)24-21-38-29-43(55(13,14)15)50(64)44(30-38)56(16,17)18/h25-30,35,62-64H,19-24,31-34H2,1-18H3. The van der Waals surface area contributed by atoms with Gasteiger partial charge in [0.15, 0.2) is 0 Å². The first-order valence-corrected chi connectivity index (χ1v) is 24.0. The van der Waals surface area contributed by atoms with Gasteiger partial charge in [-0.25, -0.2) is 0 Å². The minimum Gasteiger partial charge on any atom is -0.507 e. The van der Waals surface area contributed by atoms with Crippen LogP contribution in [0.1, 0.15) is 194 Å². The Morgan fingerprint density at radius 2 is 0.603 bits per heavy atom. The highest BCUT2D eigenvalue weighted by atomic mass is 16.6. The molecule has 3 rings (SSSR count). The van der Waals surface area contributed by atoms with Crippen LogP contribution in [0.15, 0.2) is 36.4 Å². The van der Waals surface area contributed by atoms with E-state index < -0.39 is 49.8 Å². The highest BCUT2D eigenvalue weighted by molar-refractivity contribution is 5.71. The fraction of sp³-hybridized carbons (Fsp3) is 0.614. The highest BCUT2D eigenvalue weighted by Crippen LogP contribution is 2.43. The third kappa shape index (κ3) is 16.0. The molecular weight excluding hydrogens is 861 g/mol. The molecule has 3 N–H and O–H groups in total. The summed E-state index contributed by atoms with van der Waals surface area (Å²) < 4.78 is 22.8. The van der Waals surface area contributed by atoms with Gasteiger partial charge in [0, 0.05) is 19.3 Å². The van der Waals surface area contributed by atoms with Crippen LogP contribution in [-0.4, -0.2) is 66.1 Å². The quantitative estimate of drug-likeness (QED) is 0.0631. The van der Waals surface area contributed by atoms with Gasteiger partial charge in [-0.1, -0.05) is 161 Å². The lowest BCUT2D eigenvalue weighted by Gasteiger charge is -2.31. The molecular formula is C57H84O11. The summed E-state index contributed by atoms with van der Waals surface area (Å²) in [6.07, 6.45) is 0.848. The Morgan fingerprint density at radius 1 is 0.397 bits per heavy atom. The van der Waals surface area contributed by atoms with Crippen LogP contribution in [0.3, 0.4) is 0 Å². The van der Waals surface area contributed by atoms with Crippen molar-refractivity contribution in [3.63, 3.8) is 0 Å². The van der Waals surface area contributed by atoms with E-state index in [4.69, 9.17) is 18.9 Å². The molecule has 0 aliphatic heterocycles. The smallest absolute Gasteiger partial charge is 0.306 e. The largest absolute Gasteiger partial charge is 0.507 e. The second-order valence-electron chi connectivity index (χ2n) is 25.0. The van der Waals surface area contributed by atoms with Gasteiger partial charge in [-0.2, -0.15) is 0 Å². The lowest BCUT2D eigenvalue weighted by molar-refractivity contribution is -0.167. The average Bonchev–Trinajstić information content (AvgIpc) is 3.19. The molecule has 3 aromatic rings. The van der Waals surface area contributed by atoms with Gasteiger partial charge in [0.2, 0.25) is 0 Å². The van der Waals surface area contributed by atoms with Gasteiger partial charge < -0.3 is 34.3 Å². The van der Waals surface area contributed by atoms with Gasteiger partial charge in [0.1, 0.15) is 49.1 Å². The minimum absolute atomic E-state index is 0.0262. The molecule has 0 aliphatic rings. The monoisotopic (exact) mass is 945 g/mol. The summed E-state index contributed by atoms with van der Waals surface area (Å²) in [6.45, 7) is 35.0. The number of hydrogen-bond acceptors (Lipinski definition) is 11. The predicted molar refractivity (Wildman–Crippen MR) is 269 cm³/mol. The minimum atomic E-state index is -1.46. The Balaban J connectivity index is 1.92. The molecule has 0 aliphatic carbocycles. The van der Waals surface area contributed by atoms with E-state index in [9.17, 15) is 34.5 Å². The number of carbonyl (C=O) groups is 4. The third-order valence-corrected chi connectivity index (χ3v) is 12.3. The van der Waals surface area contributed by atoms with Crippen molar-refractivity contribution >= 4 is 24.4 Å². The first-order valence-electron chi connectivity index (χ1n) is 24.0. The van der Waals surface area contributed by atoms with Crippen LogP contribution in [0.5, 0.6) is 17.2 Å². The molecule has 0 saturated carbocycles. The van der Waals surface area contributed by atoms with Gasteiger partial charge in [0.05, 0.1) is 0 Å². The van der Waals surface area contributed by atoms with Crippen molar-refractivity contribution in [2.75, 3.05) is 26.4 Å². The molecule has 0 unspecified atom stereocenters. The van der Waals surface area contributed by atoms with Crippen molar-refractivity contribution < 1.29 is 53.4 Å². The van der Waals surface area contributed by atoms with Crippen molar-refractivity contribution in [1.82, 2.24) is 0 Å². The van der Waals surface area contributed by atoms with E-state index in [1.165, 1.54) is 0 Å². The number of rotatable bonds is 18. The van der Waals surface area contributed by atoms with Crippen molar-refractivity contribution in [3.05, 3.63) is 86.5 Å². The fourth-order valence-electron chi connectivity index (χ4n) is 8.06. The summed E-state index contributed by atoms with van der Waals surface area (Å²) in [7, 11) is 0. The number of aromatic hydroxyl groups is 3. The maximum Gasteiger partial charge on any atom is 0.306 e. The van der Waals surface area contributed by atoms with E-state index in [-0.39, 0.29) is 75.5 Å². The van der Waals surface area contributed by atoms with Crippen LogP contribution in [0, 0.1) is 5.41 Å². The topological polar surface area (TPSA) is 166 Å². The summed E-state index contributed by atoms with van der Waals surface area (Å²) in [6, 6.07) is 11.5. The van der Waals surface area contributed by atoms with E-state index >= 15 is 0 Å². The van der Waals surface area contributed by atoms with Gasteiger partial charge >= 0.3 is 17.9 Å². The number of aryl methyl sites for hydroxylation is 3. The summed E-state index contributed by atoms with van der Waals surface area (Å²) >= 11 is 0. The van der Waals surface area contributed by atoms with Crippen molar-refractivity contribution in [2.45, 2.75) is 196 Å². The zero-order valence-electron chi connectivity index (χ0n) is 44.7. The third-order valence-electron chi connectivity index (χ3n) is 12.3. The summed E-state index contributed by atoms with van der Waals surface area (Å²) in [5.74, 6) is -1.02. The number of phenols is 3. The first kappa shape index (κ1) is 57.3. The van der Waals surface area contributed by atoms with Crippen LogP contribution in [0.4, 0.5) is 0 Å². The Bertz CT molecular complexity index is 1910. The predicted octanol–water partition coefficient (Wildman–Crippen LogP) is 11.6. The number of ether oxygens (including phenoxy) is 4. The zero-order chi connectivity index (χ0) is 52.0. The maximum atomic E-state index is 13.6. The Morgan fingerprint density at radius 3 is 0.779 bits per heavy atom. The number of carbonyl (C=O) groups excluding carboxylic acids is 4. The number of hydrogen-bond donors (Lipinski definition) is 3. The Kier molecular flexibility index (Phi) is 18.3. The zero-order valence-corrected chi connectivity index (χ0v) is 44.7. The molecule has 0 spiro atoms. The van der Waals surface area contributed by atoms with Crippen molar-refractivity contribution in [2.24, 2.45) is 5.41 Å². The summed E-state index contributed by atoms with van der Waals surface area (Å²) in [5, 5.41) is 33.7. The molecule has 11 nitrogen and oxygen atoms in total. The van der Waals surface area contributed by atoms with Crippen molar-refractivity contribution in [3.8, 4) is 17.2 Å². The molecule has 0 atom stereocenters. The number of phenolic OH excluding ortho intramolecular Hbond substituents is 3. The second-order valence-corrected chi connectivity index (χ2v) is 25.0. The van der Waals surface area contributed by atoms with Gasteiger partial charge in [-0.3, -0.25) is 19.2 Å². The second kappa shape index (κ2) is 21.7. The molecule has 0 radical (unpaired) electrons. The van der Waals surface area contributed by atoms with Gasteiger partial charge in [0.25, 0.3) is 6.47 Å². The molecule has 0 heterocycles. The molecule has 11 heteroatoms. The number of benzene rings is 3. The fourth-order valence-corrected chi connectivity index (χ4v) is 8.06. The lowest BCUT2D eigenvalue weighted by atomic mass is 9.78. The SMILES string of the molecule is CC(C)(C)c1cc(CCC(=O)OCC(COC=O)(COC(=O)CCc2cc(C(C)(C)C)c(O)c(C(C)(C)C)c2)COC(=O)CCc2cc(C(C)(C)C)c(O)c(C(C)(C)C)c2)cc(C(C)(C)C)c1O. The summed E-state index contributed by atoms with van der Waals surface area (Å²) in [5.41, 5.74) is 3.52. The molecule has 378 valence electrons. The Labute approximate surface area is 407 Å². The normalized spacial score (nSPS) is 13.0. The van der Waals surface area contributed by atoms with Crippen LogP contribution < -0.4 is 0 Å². The molecule has 0 fully saturated rings. The molecule has 0 amide bonds. The summed E-state index contributed by atoms with van der Waals surface area (Å²) in [4.78, 5) is 52.4. The molecule has 68 heavy (non-hydrogen) atoms. The van der Waals surface area contributed by atoms with Crippen LogP contribution in [0.25, 0.3) is 0 Å². The van der Waals surface area contributed by atoms with Crippen molar-refractivity contribution in [1.29, 1.82) is 0 Å². The first-order chi connectivity index (χ1) is 30.9. The van der Waals surface area contributed by atoms with Gasteiger partial charge in [-0.05, 0) is 102 Å². The molecule has 0 bridgehead atoms. The Hall–Kier alpha value is -5.06. The average molecular weight is 945 g/mol. The van der Waals surface area contributed by atoms with E-state index in [1.54, 1.807) is 0 Å². The highest BCUT2D eigenvalue weighted by Gasteiger charge is 2.38. The van der Waals surface area contributed by atoms with Crippen LogP contribution in [-0.2, 0) is 89.9 Å². The number of esters is 3. The molecule has 0 aromatic heterocycles. The molecule has 3 aromatic carbocycles. The van der Waals surface area contributed by atoms with E-state index in [0.717, 1.165) is 50.1 Å². The lowest BCUT2D eigenvalue weighted by Crippen LogP contribution is -2.43. The van der Waals surface area contributed by atoms with E-state index in [2.05, 4.69) is 0 Å².